The van der Waals surface area contributed by atoms with E-state index in [1.165, 1.54) is 6.20 Å². The van der Waals surface area contributed by atoms with Crippen LogP contribution in [0.2, 0.25) is 0 Å². The Hall–Kier alpha value is -3.73. The monoisotopic (exact) mass is 487 g/mol. The molecule has 11 heteroatoms. The van der Waals surface area contributed by atoms with Crippen LogP contribution in [0.1, 0.15) is 23.3 Å². The van der Waals surface area contributed by atoms with Gasteiger partial charge in [-0.1, -0.05) is 0 Å². The number of hydrogen-bond donors (Lipinski definition) is 2. The molecule has 0 bridgehead atoms. The van der Waals surface area contributed by atoms with Crippen LogP contribution in [0.15, 0.2) is 35.3 Å². The van der Waals surface area contributed by atoms with Gasteiger partial charge in [0, 0.05) is 38.4 Å². The number of pyridine rings is 1. The molecule has 1 fully saturated rings. The van der Waals surface area contributed by atoms with Gasteiger partial charge in [0.25, 0.3) is 5.91 Å². The molecule has 2 aromatic carbocycles. The highest BCUT2D eigenvalue weighted by Gasteiger charge is 2.31. The van der Waals surface area contributed by atoms with Crippen LogP contribution >= 0.6 is 0 Å². The first-order chi connectivity index (χ1) is 16.7. The molecule has 1 atom stereocenters. The molecule has 2 N–H and O–H groups in total. The van der Waals surface area contributed by atoms with Gasteiger partial charge in [0.2, 0.25) is 5.43 Å². The smallest absolute Gasteiger partial charge is 0.275 e. The summed E-state index contributed by atoms with van der Waals surface area (Å²) in [4.78, 5) is 30.2. The molecule has 0 aliphatic carbocycles. The Labute approximate surface area is 198 Å². The summed E-state index contributed by atoms with van der Waals surface area (Å²) in [6.45, 7) is 4.85. The van der Waals surface area contributed by atoms with Crippen LogP contribution < -0.4 is 25.9 Å². The van der Waals surface area contributed by atoms with Crippen molar-refractivity contribution in [1.82, 2.24) is 14.9 Å². The van der Waals surface area contributed by atoms with Crippen molar-refractivity contribution >= 4 is 28.2 Å². The number of likely N-dealkylation sites (N-methyl/N-ethyl adjacent to an activating group) is 1. The Bertz CT molecular complexity index is 1390. The van der Waals surface area contributed by atoms with E-state index in [2.05, 4.69) is 15.8 Å². The van der Waals surface area contributed by atoms with Gasteiger partial charge in [-0.25, -0.2) is 13.2 Å². The highest BCUT2D eigenvalue weighted by Crippen LogP contribution is 2.42. The second-order valence-corrected chi connectivity index (χ2v) is 8.87. The second kappa shape index (κ2) is 8.81. The highest BCUT2D eigenvalue weighted by molar-refractivity contribution is 6.00. The highest BCUT2D eigenvalue weighted by atomic mass is 19.1. The molecule has 184 valence electrons. The second-order valence-electron chi connectivity index (χ2n) is 8.87. The number of anilines is 2. The normalized spacial score (nSPS) is 17.9. The summed E-state index contributed by atoms with van der Waals surface area (Å²) in [5, 5.41) is 0.0162. The summed E-state index contributed by atoms with van der Waals surface area (Å²) in [6.07, 6.45) is 1.41. The lowest BCUT2D eigenvalue weighted by Crippen LogP contribution is -2.45. The summed E-state index contributed by atoms with van der Waals surface area (Å²) in [6, 6.07) is 3.72. The zero-order valence-electron chi connectivity index (χ0n) is 19.2. The minimum absolute atomic E-state index is 0.0162. The number of aromatic nitrogens is 1. The number of nitrogens with zero attached hydrogens (tertiary/aromatic N) is 3. The summed E-state index contributed by atoms with van der Waals surface area (Å²) < 4.78 is 50.1. The van der Waals surface area contributed by atoms with Crippen LogP contribution in [0, 0.1) is 17.5 Å². The molecule has 0 spiro atoms. The molecule has 0 radical (unpaired) electrons. The number of rotatable bonds is 4. The van der Waals surface area contributed by atoms with Crippen molar-refractivity contribution in [3.05, 3.63) is 63.7 Å². The van der Waals surface area contributed by atoms with Gasteiger partial charge >= 0.3 is 0 Å². The van der Waals surface area contributed by atoms with E-state index in [1.807, 2.05) is 18.9 Å². The minimum atomic E-state index is -0.912. The van der Waals surface area contributed by atoms with Crippen molar-refractivity contribution < 1.29 is 22.7 Å². The predicted octanol–water partition coefficient (Wildman–Crippen LogP) is 2.88. The van der Waals surface area contributed by atoms with Gasteiger partial charge in [0.1, 0.15) is 23.7 Å². The van der Waals surface area contributed by atoms with Crippen LogP contribution in [-0.2, 0) is 0 Å². The molecule has 2 aliphatic heterocycles. The SMILES string of the molecule is CC1COc2c(N3CCN(C)CC3)c(F)cc3c(=O)c(C(=O)NNc4ccc(F)cc4F)cn1c23. The third kappa shape index (κ3) is 4.05. The van der Waals surface area contributed by atoms with E-state index in [9.17, 15) is 18.4 Å². The molecule has 1 saturated heterocycles. The maximum Gasteiger partial charge on any atom is 0.275 e. The Kier molecular flexibility index (Phi) is 5.79. The Morgan fingerprint density at radius 1 is 1.09 bits per heavy atom. The summed E-state index contributed by atoms with van der Waals surface area (Å²) in [5.41, 5.74) is 4.25. The number of ether oxygens (including phenoxy) is 1. The lowest BCUT2D eigenvalue weighted by molar-refractivity contribution is 0.0960. The van der Waals surface area contributed by atoms with E-state index in [0.29, 0.717) is 36.1 Å². The zero-order chi connectivity index (χ0) is 24.9. The fourth-order valence-corrected chi connectivity index (χ4v) is 4.48. The van der Waals surface area contributed by atoms with Crippen molar-refractivity contribution in [3.63, 3.8) is 0 Å². The number of nitrogens with one attached hydrogen (secondary N) is 2. The molecule has 3 aromatic rings. The van der Waals surface area contributed by atoms with Crippen molar-refractivity contribution in [3.8, 4) is 5.75 Å². The number of hydrazine groups is 1. The predicted molar refractivity (Wildman–Crippen MR) is 126 cm³/mol. The van der Waals surface area contributed by atoms with Crippen LogP contribution in [0.25, 0.3) is 10.9 Å². The first-order valence-corrected chi connectivity index (χ1v) is 11.2. The Balaban J connectivity index is 1.55. The summed E-state index contributed by atoms with van der Waals surface area (Å²) in [5.74, 6) is -2.83. The standard InChI is InChI=1S/C24H24F3N5O3/c1-13-12-35-23-20-15(10-18(27)21(23)31-7-5-30(2)6-8-31)22(33)16(11-32(13)20)24(34)29-28-19-4-3-14(25)9-17(19)26/h3-4,9-11,13,28H,5-8,12H2,1-2H3,(H,29,34). The molecular formula is C24H24F3N5O3. The third-order valence-corrected chi connectivity index (χ3v) is 6.45. The van der Waals surface area contributed by atoms with E-state index < -0.39 is 28.8 Å². The molecule has 5 rings (SSSR count). The van der Waals surface area contributed by atoms with E-state index in [4.69, 9.17) is 4.74 Å². The van der Waals surface area contributed by atoms with Crippen molar-refractivity contribution in [2.45, 2.75) is 13.0 Å². The number of piperazine rings is 1. The lowest BCUT2D eigenvalue weighted by Gasteiger charge is -2.37. The number of carbonyl (C=O) groups excluding carboxylic acids is 1. The maximum atomic E-state index is 15.4. The number of amides is 1. The fraction of sp³-hybridized carbons (Fsp3) is 0.333. The number of benzene rings is 2. The Morgan fingerprint density at radius 3 is 2.54 bits per heavy atom. The third-order valence-electron chi connectivity index (χ3n) is 6.45. The fourth-order valence-electron chi connectivity index (χ4n) is 4.48. The lowest BCUT2D eigenvalue weighted by atomic mass is 10.0. The topological polar surface area (TPSA) is 78.8 Å². The average Bonchev–Trinajstić information content (AvgIpc) is 2.82. The van der Waals surface area contributed by atoms with Gasteiger partial charge in [-0.05, 0) is 32.2 Å². The maximum absolute atomic E-state index is 15.4. The molecule has 35 heavy (non-hydrogen) atoms. The molecular weight excluding hydrogens is 463 g/mol. The van der Waals surface area contributed by atoms with Crippen molar-refractivity contribution in [2.75, 3.05) is 50.2 Å². The van der Waals surface area contributed by atoms with Gasteiger partial charge < -0.3 is 19.1 Å². The van der Waals surface area contributed by atoms with Gasteiger partial charge in [0.15, 0.2) is 17.4 Å². The van der Waals surface area contributed by atoms with Crippen LogP contribution in [-0.4, -0.2) is 55.2 Å². The molecule has 1 amide bonds. The zero-order valence-corrected chi connectivity index (χ0v) is 19.2. The van der Waals surface area contributed by atoms with Crippen molar-refractivity contribution in [2.24, 2.45) is 0 Å². The van der Waals surface area contributed by atoms with Crippen LogP contribution in [0.3, 0.4) is 0 Å². The van der Waals surface area contributed by atoms with Crippen LogP contribution in [0.4, 0.5) is 24.5 Å². The van der Waals surface area contributed by atoms with Crippen molar-refractivity contribution in [1.29, 1.82) is 0 Å². The number of carbonyl (C=O) groups is 1. The van der Waals surface area contributed by atoms with E-state index in [0.717, 1.165) is 31.3 Å². The van der Waals surface area contributed by atoms with Crippen LogP contribution in [0.5, 0.6) is 5.75 Å². The minimum Gasteiger partial charge on any atom is -0.487 e. The number of halogens is 3. The molecule has 1 unspecified atom stereocenters. The van der Waals surface area contributed by atoms with E-state index >= 15 is 4.39 Å². The molecule has 3 heterocycles. The molecule has 1 aromatic heterocycles. The quantitative estimate of drug-likeness (QED) is 0.551. The van der Waals surface area contributed by atoms with E-state index in [1.54, 1.807) is 4.57 Å². The average molecular weight is 487 g/mol. The molecule has 8 nitrogen and oxygen atoms in total. The molecule has 2 aliphatic rings. The molecule has 0 saturated carbocycles. The first-order valence-electron chi connectivity index (χ1n) is 11.2. The number of hydrogen-bond acceptors (Lipinski definition) is 6. The van der Waals surface area contributed by atoms with Gasteiger partial charge in [-0.2, -0.15) is 0 Å². The van der Waals surface area contributed by atoms with Gasteiger partial charge in [-0.3, -0.25) is 20.4 Å². The Morgan fingerprint density at radius 2 is 1.83 bits per heavy atom. The largest absolute Gasteiger partial charge is 0.487 e. The van der Waals surface area contributed by atoms with E-state index in [-0.39, 0.29) is 29.3 Å². The summed E-state index contributed by atoms with van der Waals surface area (Å²) in [7, 11) is 2.00. The summed E-state index contributed by atoms with van der Waals surface area (Å²) >= 11 is 0. The van der Waals surface area contributed by atoms with Gasteiger partial charge in [-0.15, -0.1) is 0 Å². The van der Waals surface area contributed by atoms with Gasteiger partial charge in [0.05, 0.1) is 22.6 Å². The first kappa shape index (κ1) is 23.0.